The predicted octanol–water partition coefficient (Wildman–Crippen LogP) is -0.129. The molecular weight excluding hydrogens is 240 g/mol. The minimum absolute atomic E-state index is 0.280. The average molecular weight is 248 g/mol. The van der Waals surface area contributed by atoms with E-state index in [1.54, 1.807) is 18.2 Å². The largest absolute Gasteiger partial charge is 0.473 e. The van der Waals surface area contributed by atoms with Gasteiger partial charge in [-0.25, -0.2) is 9.59 Å². The Balaban J connectivity index is 0.000000411. The Kier molecular flexibility index (Phi) is 5.98. The van der Waals surface area contributed by atoms with E-state index in [1.165, 1.54) is 0 Å². The van der Waals surface area contributed by atoms with Crippen molar-refractivity contribution in [2.24, 2.45) is 5.84 Å². The Morgan fingerprint density at radius 1 is 1.17 bits per heavy atom. The van der Waals surface area contributed by atoms with Crippen molar-refractivity contribution in [3.05, 3.63) is 29.3 Å². The van der Waals surface area contributed by atoms with Crippen LogP contribution in [0, 0.1) is 22.7 Å². The summed E-state index contributed by atoms with van der Waals surface area (Å²) < 4.78 is 0. The fourth-order valence-corrected chi connectivity index (χ4v) is 0.886. The van der Waals surface area contributed by atoms with Crippen LogP contribution in [0.25, 0.3) is 0 Å². The molecule has 0 aliphatic rings. The number of nitrogens with zero attached hydrogens (tertiary/aromatic N) is 2. The number of nitrogen functional groups attached to an aromatic ring is 1. The molecule has 0 saturated carbocycles. The maximum Gasteiger partial charge on any atom is 0.414 e. The Morgan fingerprint density at radius 2 is 1.72 bits per heavy atom. The first kappa shape index (κ1) is 14.9. The molecular formula is C10H8N4O4. The number of anilines is 1. The molecule has 1 rings (SSSR count). The van der Waals surface area contributed by atoms with Crippen molar-refractivity contribution in [1.29, 1.82) is 10.5 Å². The van der Waals surface area contributed by atoms with Crippen LogP contribution < -0.4 is 11.3 Å². The number of hydrogen-bond donors (Lipinski definition) is 4. The molecule has 0 amide bonds. The Labute approximate surface area is 101 Å². The zero-order valence-corrected chi connectivity index (χ0v) is 8.91. The maximum atomic E-state index is 9.10. The van der Waals surface area contributed by atoms with Gasteiger partial charge in [0.2, 0.25) is 0 Å². The van der Waals surface area contributed by atoms with Crippen molar-refractivity contribution < 1.29 is 19.8 Å². The lowest BCUT2D eigenvalue weighted by Gasteiger charge is -2.02. The topological polar surface area (TPSA) is 160 Å². The van der Waals surface area contributed by atoms with Crippen LogP contribution in [0.15, 0.2) is 18.2 Å². The lowest BCUT2D eigenvalue weighted by atomic mass is 10.1. The molecule has 0 aliphatic heterocycles. The Bertz CT molecular complexity index is 530. The van der Waals surface area contributed by atoms with Crippen LogP contribution in [-0.4, -0.2) is 22.2 Å². The molecule has 0 aromatic heterocycles. The molecule has 0 saturated heterocycles. The van der Waals surface area contributed by atoms with Gasteiger partial charge in [0.15, 0.2) is 0 Å². The quantitative estimate of drug-likeness (QED) is 0.303. The number of carboxylic acids is 2. The monoisotopic (exact) mass is 248 g/mol. The first-order valence-electron chi connectivity index (χ1n) is 4.34. The summed E-state index contributed by atoms with van der Waals surface area (Å²) in [6, 6.07) is 8.67. The lowest BCUT2D eigenvalue weighted by Crippen LogP contribution is -2.09. The van der Waals surface area contributed by atoms with Crippen molar-refractivity contribution in [3.63, 3.8) is 0 Å². The number of nitrogens with two attached hydrogens (primary N) is 1. The van der Waals surface area contributed by atoms with E-state index in [-0.39, 0.29) is 5.56 Å². The van der Waals surface area contributed by atoms with Crippen LogP contribution in [0.5, 0.6) is 0 Å². The molecule has 8 nitrogen and oxygen atoms in total. The van der Waals surface area contributed by atoms with Gasteiger partial charge in [-0.2, -0.15) is 10.5 Å². The number of hydrogen-bond acceptors (Lipinski definition) is 6. The van der Waals surface area contributed by atoms with Crippen molar-refractivity contribution in [1.82, 2.24) is 0 Å². The summed E-state index contributed by atoms with van der Waals surface area (Å²) >= 11 is 0. The second-order valence-electron chi connectivity index (χ2n) is 2.71. The van der Waals surface area contributed by atoms with Crippen molar-refractivity contribution in [2.45, 2.75) is 0 Å². The number of nitriles is 2. The van der Waals surface area contributed by atoms with Gasteiger partial charge in [-0.05, 0) is 12.1 Å². The Morgan fingerprint density at radius 3 is 2.06 bits per heavy atom. The van der Waals surface area contributed by atoms with Crippen LogP contribution in [-0.2, 0) is 9.59 Å². The average Bonchev–Trinajstić information content (AvgIpc) is 2.37. The van der Waals surface area contributed by atoms with Gasteiger partial charge >= 0.3 is 11.9 Å². The van der Waals surface area contributed by atoms with Crippen molar-refractivity contribution in [2.75, 3.05) is 5.43 Å². The number of carboxylic acid groups (broad SMARTS) is 2. The molecule has 0 heterocycles. The molecule has 0 unspecified atom stereocenters. The molecule has 92 valence electrons. The number of hydrazine groups is 1. The number of rotatable bonds is 1. The van der Waals surface area contributed by atoms with Crippen LogP contribution >= 0.6 is 0 Å². The SMILES string of the molecule is N#Cc1cccc(NN)c1C#N.O=C(O)C(=O)O. The summed E-state index contributed by atoms with van der Waals surface area (Å²) in [7, 11) is 0. The highest BCUT2D eigenvalue weighted by atomic mass is 16.4. The highest BCUT2D eigenvalue weighted by molar-refractivity contribution is 6.27. The molecule has 0 atom stereocenters. The molecule has 0 aliphatic carbocycles. The molecule has 0 spiro atoms. The second-order valence-corrected chi connectivity index (χ2v) is 2.71. The van der Waals surface area contributed by atoms with E-state index >= 15 is 0 Å². The lowest BCUT2D eigenvalue weighted by molar-refractivity contribution is -0.159. The van der Waals surface area contributed by atoms with Crippen LogP contribution in [0.4, 0.5) is 5.69 Å². The molecule has 0 fully saturated rings. The summed E-state index contributed by atoms with van der Waals surface area (Å²) in [5.74, 6) is 1.49. The first-order valence-corrected chi connectivity index (χ1v) is 4.34. The number of benzene rings is 1. The van der Waals surface area contributed by atoms with Crippen LogP contribution in [0.2, 0.25) is 0 Å². The van der Waals surface area contributed by atoms with E-state index in [0.717, 1.165) is 0 Å². The van der Waals surface area contributed by atoms with Gasteiger partial charge in [0.05, 0.1) is 16.8 Å². The minimum Gasteiger partial charge on any atom is -0.473 e. The molecule has 0 bridgehead atoms. The standard InChI is InChI=1S/C8H6N4.C2H2O4/c9-4-6-2-1-3-8(12-11)7(6)5-10;3-1(4)2(5)6/h1-3,12H,11H2;(H,3,4)(H,5,6). The Hall–Kier alpha value is -3.10. The first-order chi connectivity index (χ1) is 8.47. The maximum absolute atomic E-state index is 9.10. The van der Waals surface area contributed by atoms with Gasteiger partial charge in [0.1, 0.15) is 12.1 Å². The molecule has 18 heavy (non-hydrogen) atoms. The number of carbonyl (C=O) groups is 2. The highest BCUT2D eigenvalue weighted by Crippen LogP contribution is 2.16. The molecule has 8 heteroatoms. The fourth-order valence-electron chi connectivity index (χ4n) is 0.886. The van der Waals surface area contributed by atoms with E-state index in [9.17, 15) is 0 Å². The van der Waals surface area contributed by atoms with E-state index in [0.29, 0.717) is 11.3 Å². The predicted molar refractivity (Wildman–Crippen MR) is 59.0 cm³/mol. The zero-order valence-electron chi connectivity index (χ0n) is 8.91. The smallest absolute Gasteiger partial charge is 0.414 e. The van der Waals surface area contributed by atoms with E-state index in [1.807, 2.05) is 12.1 Å². The number of nitrogens with one attached hydrogen (secondary N) is 1. The minimum atomic E-state index is -1.82. The molecule has 0 radical (unpaired) electrons. The summed E-state index contributed by atoms with van der Waals surface area (Å²) in [5, 5.41) is 32.0. The summed E-state index contributed by atoms with van der Waals surface area (Å²) in [5.41, 5.74) is 3.42. The molecule has 1 aromatic rings. The summed E-state index contributed by atoms with van der Waals surface area (Å²) in [6.07, 6.45) is 0. The fraction of sp³-hybridized carbons (Fsp3) is 0. The van der Waals surface area contributed by atoms with Crippen LogP contribution in [0.3, 0.4) is 0 Å². The van der Waals surface area contributed by atoms with Crippen molar-refractivity contribution >= 4 is 17.6 Å². The normalized spacial score (nSPS) is 7.94. The van der Waals surface area contributed by atoms with Gasteiger partial charge in [0.25, 0.3) is 0 Å². The second kappa shape index (κ2) is 7.22. The third-order valence-corrected chi connectivity index (χ3v) is 1.64. The summed E-state index contributed by atoms with van der Waals surface area (Å²) in [4.78, 5) is 18.2. The van der Waals surface area contributed by atoms with E-state index < -0.39 is 11.9 Å². The van der Waals surface area contributed by atoms with Gasteiger partial charge in [-0.15, -0.1) is 0 Å². The van der Waals surface area contributed by atoms with Gasteiger partial charge in [-0.3, -0.25) is 5.84 Å². The van der Waals surface area contributed by atoms with Crippen LogP contribution in [0.1, 0.15) is 11.1 Å². The van der Waals surface area contributed by atoms with Crippen molar-refractivity contribution in [3.8, 4) is 12.1 Å². The third kappa shape index (κ3) is 4.18. The van der Waals surface area contributed by atoms with Gasteiger partial charge < -0.3 is 15.6 Å². The highest BCUT2D eigenvalue weighted by Gasteiger charge is 2.05. The molecule has 5 N–H and O–H groups in total. The van der Waals surface area contributed by atoms with E-state index in [4.69, 9.17) is 36.2 Å². The van der Waals surface area contributed by atoms with Gasteiger partial charge in [0, 0.05) is 0 Å². The third-order valence-electron chi connectivity index (χ3n) is 1.64. The van der Waals surface area contributed by atoms with Gasteiger partial charge in [-0.1, -0.05) is 6.07 Å². The zero-order chi connectivity index (χ0) is 14.1. The molecule has 1 aromatic carbocycles. The number of aliphatic carboxylic acids is 2. The summed E-state index contributed by atoms with van der Waals surface area (Å²) in [6.45, 7) is 0. The van der Waals surface area contributed by atoms with E-state index in [2.05, 4.69) is 5.43 Å².